The van der Waals surface area contributed by atoms with Gasteiger partial charge in [0.15, 0.2) is 0 Å². The van der Waals surface area contributed by atoms with Gasteiger partial charge in [0.2, 0.25) is 5.95 Å². The zero-order valence-corrected chi connectivity index (χ0v) is 15.2. The van der Waals surface area contributed by atoms with Crippen LogP contribution < -0.4 is 9.80 Å². The van der Waals surface area contributed by atoms with Gasteiger partial charge in [-0.05, 0) is 13.0 Å². The molecule has 0 aromatic carbocycles. The van der Waals surface area contributed by atoms with E-state index in [1.165, 1.54) is 0 Å². The highest BCUT2D eigenvalue weighted by molar-refractivity contribution is 5.43. The van der Waals surface area contributed by atoms with Gasteiger partial charge in [-0.25, -0.2) is 4.98 Å². The van der Waals surface area contributed by atoms with Crippen molar-refractivity contribution in [2.24, 2.45) is 0 Å². The van der Waals surface area contributed by atoms with Crippen molar-refractivity contribution in [3.8, 4) is 0 Å². The van der Waals surface area contributed by atoms with Crippen LogP contribution >= 0.6 is 0 Å². The Balaban J connectivity index is 1.50. The molecule has 0 amide bonds. The summed E-state index contributed by atoms with van der Waals surface area (Å²) in [6.07, 6.45) is 1.85. The molecule has 2 aliphatic rings. The molecule has 0 saturated carbocycles. The zero-order valence-electron chi connectivity index (χ0n) is 15.2. The molecule has 0 N–H and O–H groups in total. The minimum atomic E-state index is 0.591. The van der Waals surface area contributed by atoms with Gasteiger partial charge in [-0.1, -0.05) is 0 Å². The lowest BCUT2D eigenvalue weighted by molar-refractivity contribution is 0.0239. The molecule has 0 bridgehead atoms. The lowest BCUT2D eigenvalue weighted by Gasteiger charge is -2.40. The third kappa shape index (κ3) is 4.34. The fourth-order valence-corrected chi connectivity index (χ4v) is 3.40. The molecule has 1 aromatic rings. The van der Waals surface area contributed by atoms with Crippen molar-refractivity contribution in [2.75, 3.05) is 82.9 Å². The topological polar surface area (TPSA) is 48.0 Å². The number of hydrogen-bond acceptors (Lipinski definition) is 7. The highest BCUT2D eigenvalue weighted by Crippen LogP contribution is 2.17. The largest absolute Gasteiger partial charge is 0.379 e. The summed E-state index contributed by atoms with van der Waals surface area (Å²) in [7, 11) is 3.95. The molecule has 0 unspecified atom stereocenters. The molecule has 0 aliphatic carbocycles. The molecule has 2 fully saturated rings. The van der Waals surface area contributed by atoms with Crippen molar-refractivity contribution in [3.05, 3.63) is 12.3 Å². The number of nitrogens with zero attached hydrogens (tertiary/aromatic N) is 6. The van der Waals surface area contributed by atoms with E-state index in [2.05, 4.69) is 31.6 Å². The highest BCUT2D eigenvalue weighted by atomic mass is 16.5. The average molecular weight is 334 g/mol. The second kappa shape index (κ2) is 8.09. The maximum absolute atomic E-state index is 5.44. The number of rotatable bonds is 5. The summed E-state index contributed by atoms with van der Waals surface area (Å²) in [5.41, 5.74) is 0. The Bertz CT molecular complexity index is 512. The monoisotopic (exact) mass is 334 g/mol. The van der Waals surface area contributed by atoms with Crippen LogP contribution in [0.1, 0.15) is 6.92 Å². The summed E-state index contributed by atoms with van der Waals surface area (Å²) in [4.78, 5) is 18.4. The molecule has 24 heavy (non-hydrogen) atoms. The van der Waals surface area contributed by atoms with Crippen LogP contribution in [0.25, 0.3) is 0 Å². The second-order valence-corrected chi connectivity index (χ2v) is 6.89. The molecule has 2 aliphatic heterocycles. The molecule has 0 radical (unpaired) electrons. The second-order valence-electron chi connectivity index (χ2n) is 6.89. The molecule has 7 nitrogen and oxygen atoms in total. The molecule has 134 valence electrons. The molecule has 1 atom stereocenters. The van der Waals surface area contributed by atoms with E-state index >= 15 is 0 Å². The Morgan fingerprint density at radius 2 is 1.83 bits per heavy atom. The lowest BCUT2D eigenvalue weighted by atomic mass is 10.2. The van der Waals surface area contributed by atoms with E-state index in [4.69, 9.17) is 4.74 Å². The van der Waals surface area contributed by atoms with E-state index in [-0.39, 0.29) is 0 Å². The van der Waals surface area contributed by atoms with Crippen molar-refractivity contribution in [3.63, 3.8) is 0 Å². The zero-order chi connectivity index (χ0) is 16.9. The molecule has 3 rings (SSSR count). The minimum Gasteiger partial charge on any atom is -0.379 e. The number of morpholine rings is 1. The number of piperazine rings is 1. The summed E-state index contributed by atoms with van der Waals surface area (Å²) < 4.78 is 5.44. The van der Waals surface area contributed by atoms with Crippen molar-refractivity contribution in [1.29, 1.82) is 0 Å². The van der Waals surface area contributed by atoms with Gasteiger partial charge in [-0.15, -0.1) is 0 Å². The van der Waals surface area contributed by atoms with Gasteiger partial charge in [-0.2, -0.15) is 4.98 Å². The molecule has 1 aromatic heterocycles. The van der Waals surface area contributed by atoms with E-state index in [1.54, 1.807) is 0 Å². The fraction of sp³-hybridized carbons (Fsp3) is 0.765. The SMILES string of the molecule is C[C@@H](CN1CCOCC1)N1CCN(c2ccnc(N(C)C)n2)CC1. The third-order valence-corrected chi connectivity index (χ3v) is 4.92. The van der Waals surface area contributed by atoms with E-state index in [9.17, 15) is 0 Å². The van der Waals surface area contributed by atoms with Crippen LogP contribution in [0.4, 0.5) is 11.8 Å². The predicted molar refractivity (Wildman–Crippen MR) is 96.9 cm³/mol. The first kappa shape index (κ1) is 17.4. The number of hydrogen-bond donors (Lipinski definition) is 0. The highest BCUT2D eigenvalue weighted by Gasteiger charge is 2.24. The van der Waals surface area contributed by atoms with Crippen LogP contribution in [-0.4, -0.2) is 98.9 Å². The first-order valence-electron chi connectivity index (χ1n) is 8.93. The van der Waals surface area contributed by atoms with Crippen LogP contribution in [0, 0.1) is 0 Å². The van der Waals surface area contributed by atoms with Gasteiger partial charge in [0.25, 0.3) is 0 Å². The number of aromatic nitrogens is 2. The molecule has 7 heteroatoms. The van der Waals surface area contributed by atoms with E-state index in [0.29, 0.717) is 6.04 Å². The van der Waals surface area contributed by atoms with Gasteiger partial charge >= 0.3 is 0 Å². The average Bonchev–Trinajstić information content (AvgIpc) is 2.63. The number of anilines is 2. The predicted octanol–water partition coefficient (Wildman–Crippen LogP) is 0.385. The summed E-state index contributed by atoms with van der Waals surface area (Å²) in [6, 6.07) is 2.60. The first-order chi connectivity index (χ1) is 11.6. The Labute approximate surface area is 145 Å². The quantitative estimate of drug-likeness (QED) is 0.772. The summed E-state index contributed by atoms with van der Waals surface area (Å²) >= 11 is 0. The van der Waals surface area contributed by atoms with Gasteiger partial charge in [0, 0.05) is 72.1 Å². The van der Waals surface area contributed by atoms with Crippen LogP contribution in [0.3, 0.4) is 0 Å². The third-order valence-electron chi connectivity index (χ3n) is 4.92. The summed E-state index contributed by atoms with van der Waals surface area (Å²) in [6.45, 7) is 11.6. The van der Waals surface area contributed by atoms with Gasteiger partial charge in [-0.3, -0.25) is 9.80 Å². The molecule has 2 saturated heterocycles. The van der Waals surface area contributed by atoms with Gasteiger partial charge < -0.3 is 14.5 Å². The van der Waals surface area contributed by atoms with Crippen molar-refractivity contribution in [1.82, 2.24) is 19.8 Å². The Kier molecular flexibility index (Phi) is 5.86. The van der Waals surface area contributed by atoms with E-state index in [1.807, 2.05) is 31.3 Å². The van der Waals surface area contributed by atoms with Crippen LogP contribution in [0.15, 0.2) is 12.3 Å². The minimum absolute atomic E-state index is 0.591. The first-order valence-corrected chi connectivity index (χ1v) is 8.93. The Morgan fingerprint density at radius 1 is 1.12 bits per heavy atom. The molecule has 0 spiro atoms. The van der Waals surface area contributed by atoms with Crippen LogP contribution in [0.2, 0.25) is 0 Å². The van der Waals surface area contributed by atoms with Crippen LogP contribution in [-0.2, 0) is 4.74 Å². The van der Waals surface area contributed by atoms with Gasteiger partial charge in [0.05, 0.1) is 13.2 Å². The molecular weight excluding hydrogens is 304 g/mol. The fourth-order valence-electron chi connectivity index (χ4n) is 3.40. The normalized spacial score (nSPS) is 21.7. The van der Waals surface area contributed by atoms with Crippen molar-refractivity contribution >= 4 is 11.8 Å². The van der Waals surface area contributed by atoms with E-state index in [0.717, 1.165) is 70.8 Å². The smallest absolute Gasteiger partial charge is 0.226 e. The maximum atomic E-state index is 5.44. The van der Waals surface area contributed by atoms with Crippen molar-refractivity contribution < 1.29 is 4.74 Å². The van der Waals surface area contributed by atoms with Crippen LogP contribution in [0.5, 0.6) is 0 Å². The van der Waals surface area contributed by atoms with Gasteiger partial charge in [0.1, 0.15) is 5.82 Å². The maximum Gasteiger partial charge on any atom is 0.226 e. The van der Waals surface area contributed by atoms with E-state index < -0.39 is 0 Å². The summed E-state index contributed by atoms with van der Waals surface area (Å²) in [5, 5.41) is 0. The molecule has 3 heterocycles. The summed E-state index contributed by atoms with van der Waals surface area (Å²) in [5.74, 6) is 1.81. The Morgan fingerprint density at radius 3 is 2.50 bits per heavy atom. The Hall–Kier alpha value is -1.44. The van der Waals surface area contributed by atoms with Crippen molar-refractivity contribution in [2.45, 2.75) is 13.0 Å². The lowest BCUT2D eigenvalue weighted by Crippen LogP contribution is -2.53. The standard InChI is InChI=1S/C17H30N6O/c1-15(14-21-10-12-24-13-11-21)22-6-8-23(9-7-22)16-4-5-18-17(19-16)20(2)3/h4-5,15H,6-14H2,1-3H3/t15-/m0/s1. The number of ether oxygens (including phenoxy) is 1. The molecular formula is C17H30N6O.